The molecule has 2 saturated heterocycles. The number of carbonyl (C=O) groups excluding carboxylic acids is 1. The third kappa shape index (κ3) is 3.08. The average molecular weight is 377 g/mol. The van der Waals surface area contributed by atoms with E-state index in [2.05, 4.69) is 20.3 Å². The summed E-state index contributed by atoms with van der Waals surface area (Å²) >= 11 is 0. The van der Waals surface area contributed by atoms with Crippen LogP contribution >= 0.6 is 0 Å². The average Bonchev–Trinajstić information content (AvgIpc) is 3.25. The Balaban J connectivity index is 1.69. The molecule has 2 aromatic rings. The molecule has 0 radical (unpaired) electrons. The fourth-order valence-corrected chi connectivity index (χ4v) is 3.42. The molecule has 2 fully saturated rings. The number of imidazole rings is 1. The Hall–Kier alpha value is -2.14. The van der Waals surface area contributed by atoms with Gasteiger partial charge in [0.25, 0.3) is 0 Å². The van der Waals surface area contributed by atoms with Gasteiger partial charge in [0, 0.05) is 5.92 Å². The van der Waals surface area contributed by atoms with Gasteiger partial charge in [-0.05, 0) is 13.8 Å². The minimum Gasteiger partial charge on any atom is -0.394 e. The molecule has 27 heavy (non-hydrogen) atoms. The Morgan fingerprint density at radius 2 is 2.04 bits per heavy atom. The molecule has 2 aromatic heterocycles. The molecule has 2 aliphatic rings. The molecule has 0 bridgehead atoms. The molecule has 0 aliphatic carbocycles. The second kappa shape index (κ2) is 6.48. The van der Waals surface area contributed by atoms with E-state index in [0.717, 1.165) is 0 Å². The second-order valence-corrected chi connectivity index (χ2v) is 7.50. The number of aliphatic hydroxyl groups excluding tert-OH is 1. The maximum Gasteiger partial charge on any atom is 0.228 e. The number of hydrogen-bond acceptors (Lipinski definition) is 8. The molecule has 0 saturated carbocycles. The van der Waals surface area contributed by atoms with Crippen LogP contribution in [0.2, 0.25) is 0 Å². The maximum absolute atomic E-state index is 12.0. The summed E-state index contributed by atoms with van der Waals surface area (Å²) in [5, 5.41) is 12.4. The summed E-state index contributed by atoms with van der Waals surface area (Å²) in [7, 11) is 0. The van der Waals surface area contributed by atoms with Crippen LogP contribution in [0.1, 0.15) is 33.9 Å². The zero-order valence-electron chi connectivity index (χ0n) is 15.6. The number of amides is 1. The highest BCUT2D eigenvalue weighted by Gasteiger charge is 2.55. The summed E-state index contributed by atoms with van der Waals surface area (Å²) in [5.74, 6) is -0.773. The number of nitrogens with one attached hydrogen (secondary N) is 1. The standard InChI is InChI=1S/C17H23N5O5/c1-8(2)15(24)21-13-10-14(19-6-18-13)22(7-20-10)16-12-11(9(5-23)25-16)26-17(3,4)27-12/h6-9,11-12,16,23H,5H2,1-4H3,(H,18,19,21,24)/t9-,11-,12-,16-/m1/s1. The fourth-order valence-electron chi connectivity index (χ4n) is 3.42. The summed E-state index contributed by atoms with van der Waals surface area (Å²) in [6, 6.07) is 0. The topological polar surface area (TPSA) is 121 Å². The smallest absolute Gasteiger partial charge is 0.228 e. The van der Waals surface area contributed by atoms with Crippen molar-refractivity contribution >= 4 is 22.9 Å². The lowest BCUT2D eigenvalue weighted by molar-refractivity contribution is -0.199. The van der Waals surface area contributed by atoms with Gasteiger partial charge in [-0.15, -0.1) is 0 Å². The Morgan fingerprint density at radius 3 is 2.74 bits per heavy atom. The van der Waals surface area contributed by atoms with Crippen molar-refractivity contribution in [1.82, 2.24) is 19.5 Å². The first-order valence-electron chi connectivity index (χ1n) is 8.91. The Labute approximate surface area is 155 Å². The lowest BCUT2D eigenvalue weighted by Crippen LogP contribution is -2.31. The van der Waals surface area contributed by atoms with E-state index in [9.17, 15) is 9.90 Å². The number of anilines is 1. The molecule has 10 heteroatoms. The van der Waals surface area contributed by atoms with Crippen LogP contribution in [0.3, 0.4) is 0 Å². The Morgan fingerprint density at radius 1 is 1.30 bits per heavy atom. The monoisotopic (exact) mass is 377 g/mol. The predicted octanol–water partition coefficient (Wildman–Crippen LogP) is 0.831. The molecule has 2 N–H and O–H groups in total. The van der Waals surface area contributed by atoms with Gasteiger partial charge in [-0.1, -0.05) is 13.8 Å². The Bertz CT molecular complexity index is 867. The predicted molar refractivity (Wildman–Crippen MR) is 93.6 cm³/mol. The number of ether oxygens (including phenoxy) is 3. The maximum atomic E-state index is 12.0. The normalized spacial score (nSPS) is 29.4. The van der Waals surface area contributed by atoms with Crippen LogP contribution < -0.4 is 5.32 Å². The van der Waals surface area contributed by atoms with Gasteiger partial charge in [0.15, 0.2) is 29.0 Å². The molecule has 4 heterocycles. The SMILES string of the molecule is CC(C)C(=O)Nc1ncnc2c1ncn2[C@@H]1O[C@H](CO)[C@H]2OC(C)(C)O[C@H]21. The van der Waals surface area contributed by atoms with E-state index in [1.165, 1.54) is 6.33 Å². The highest BCUT2D eigenvalue weighted by molar-refractivity contribution is 5.97. The van der Waals surface area contributed by atoms with Crippen LogP contribution in [0.5, 0.6) is 0 Å². The van der Waals surface area contributed by atoms with Crippen molar-refractivity contribution in [3.8, 4) is 0 Å². The summed E-state index contributed by atoms with van der Waals surface area (Å²) in [4.78, 5) is 24.8. The molecule has 0 unspecified atom stereocenters. The third-order valence-electron chi connectivity index (χ3n) is 4.70. The molecule has 4 atom stereocenters. The second-order valence-electron chi connectivity index (χ2n) is 7.50. The number of rotatable bonds is 4. The number of fused-ring (bicyclic) bond motifs is 2. The van der Waals surface area contributed by atoms with Gasteiger partial charge < -0.3 is 24.6 Å². The molecule has 0 aromatic carbocycles. The van der Waals surface area contributed by atoms with Crippen molar-refractivity contribution in [2.24, 2.45) is 5.92 Å². The van der Waals surface area contributed by atoms with Crippen molar-refractivity contribution in [2.45, 2.75) is 58.0 Å². The summed E-state index contributed by atoms with van der Waals surface area (Å²) < 4.78 is 19.6. The van der Waals surface area contributed by atoms with Crippen molar-refractivity contribution in [1.29, 1.82) is 0 Å². The number of nitrogens with zero attached hydrogens (tertiary/aromatic N) is 4. The highest BCUT2D eigenvalue weighted by Crippen LogP contribution is 2.43. The summed E-state index contributed by atoms with van der Waals surface area (Å²) in [6.07, 6.45) is 1.04. The van der Waals surface area contributed by atoms with E-state index in [1.807, 2.05) is 13.8 Å². The first kappa shape index (κ1) is 18.2. The minimum atomic E-state index is -0.771. The van der Waals surface area contributed by atoms with E-state index in [1.54, 1.807) is 24.7 Å². The zero-order valence-corrected chi connectivity index (χ0v) is 15.6. The summed E-state index contributed by atoms with van der Waals surface area (Å²) in [5.41, 5.74) is 0.956. The number of hydrogen-bond donors (Lipinski definition) is 2. The third-order valence-corrected chi connectivity index (χ3v) is 4.70. The quantitative estimate of drug-likeness (QED) is 0.804. The van der Waals surface area contributed by atoms with Crippen LogP contribution in [-0.2, 0) is 19.0 Å². The van der Waals surface area contributed by atoms with Crippen molar-refractivity contribution < 1.29 is 24.1 Å². The summed E-state index contributed by atoms with van der Waals surface area (Å²) in [6.45, 7) is 7.06. The molecule has 4 rings (SSSR count). The van der Waals surface area contributed by atoms with E-state index < -0.39 is 30.3 Å². The van der Waals surface area contributed by atoms with Gasteiger partial charge in [0.1, 0.15) is 24.6 Å². The largest absolute Gasteiger partial charge is 0.394 e. The van der Waals surface area contributed by atoms with Gasteiger partial charge in [0.2, 0.25) is 5.91 Å². The molecule has 1 amide bonds. The zero-order chi connectivity index (χ0) is 19.3. The Kier molecular flexibility index (Phi) is 4.38. The first-order chi connectivity index (χ1) is 12.8. The van der Waals surface area contributed by atoms with Crippen molar-refractivity contribution in [3.05, 3.63) is 12.7 Å². The highest BCUT2D eigenvalue weighted by atomic mass is 16.8. The molecule has 2 aliphatic heterocycles. The van der Waals surface area contributed by atoms with Crippen molar-refractivity contribution in [3.63, 3.8) is 0 Å². The van der Waals surface area contributed by atoms with Crippen LogP contribution in [-0.4, -0.2) is 61.2 Å². The van der Waals surface area contributed by atoms with Gasteiger partial charge in [-0.2, -0.15) is 0 Å². The molecular weight excluding hydrogens is 354 g/mol. The van der Waals surface area contributed by atoms with Crippen LogP contribution in [0.15, 0.2) is 12.7 Å². The van der Waals surface area contributed by atoms with E-state index in [0.29, 0.717) is 17.0 Å². The van der Waals surface area contributed by atoms with Crippen molar-refractivity contribution in [2.75, 3.05) is 11.9 Å². The molecular formula is C17H23N5O5. The molecule has 0 spiro atoms. The number of aliphatic hydroxyl groups is 1. The molecule has 146 valence electrons. The van der Waals surface area contributed by atoms with Gasteiger partial charge in [-0.3, -0.25) is 9.36 Å². The van der Waals surface area contributed by atoms with E-state index in [4.69, 9.17) is 14.2 Å². The first-order valence-corrected chi connectivity index (χ1v) is 8.91. The number of carbonyl (C=O) groups is 1. The lowest BCUT2D eigenvalue weighted by Gasteiger charge is -2.24. The van der Waals surface area contributed by atoms with Gasteiger partial charge >= 0.3 is 0 Å². The van der Waals surface area contributed by atoms with Gasteiger partial charge in [0.05, 0.1) is 12.9 Å². The van der Waals surface area contributed by atoms with Gasteiger partial charge in [-0.25, -0.2) is 15.0 Å². The van der Waals surface area contributed by atoms with E-state index in [-0.39, 0.29) is 18.4 Å². The fraction of sp³-hybridized carbons (Fsp3) is 0.647. The van der Waals surface area contributed by atoms with Crippen LogP contribution in [0, 0.1) is 5.92 Å². The minimum absolute atomic E-state index is 0.156. The molecule has 10 nitrogen and oxygen atoms in total. The van der Waals surface area contributed by atoms with Crippen LogP contribution in [0.25, 0.3) is 11.2 Å². The lowest BCUT2D eigenvalue weighted by atomic mass is 10.1. The number of aromatic nitrogens is 4. The van der Waals surface area contributed by atoms with Crippen LogP contribution in [0.4, 0.5) is 5.82 Å². The van der Waals surface area contributed by atoms with E-state index >= 15 is 0 Å².